The number of likely N-dealkylation sites (N-methyl/N-ethyl adjacent to an activating group) is 1. The van der Waals surface area contributed by atoms with Gasteiger partial charge < -0.3 is 31.3 Å². The minimum absolute atomic E-state index is 0.0328. The fourth-order valence-corrected chi connectivity index (χ4v) is 5.56. The average molecular weight is 444 g/mol. The van der Waals surface area contributed by atoms with E-state index in [0.717, 1.165) is 0 Å². The Morgan fingerprint density at radius 2 is 1.91 bits per heavy atom. The Morgan fingerprint density at radius 3 is 2.47 bits per heavy atom. The van der Waals surface area contributed by atoms with Gasteiger partial charge in [0.15, 0.2) is 11.4 Å². The summed E-state index contributed by atoms with van der Waals surface area (Å²) in [5.41, 5.74) is 2.38. The molecule has 0 radical (unpaired) electrons. The van der Waals surface area contributed by atoms with Crippen LogP contribution in [-0.4, -0.2) is 80.3 Å². The number of Topliss-reactive ketones (excluding diaryl/α,β-unsaturated/α-hetero) is 1. The number of phenols is 1. The number of nitrogens with two attached hydrogens (primary N) is 1. The highest BCUT2D eigenvalue weighted by molar-refractivity contribution is 6.14. The lowest BCUT2D eigenvalue weighted by Gasteiger charge is -2.53. The Hall–Kier alpha value is -3.21. The Morgan fingerprint density at radius 1 is 1.25 bits per heavy atom. The molecule has 1 aromatic carbocycles. The number of fused-ring (bicyclic) bond motifs is 3. The molecule has 1 aromatic rings. The molecule has 0 aliphatic heterocycles. The predicted molar refractivity (Wildman–Crippen MR) is 110 cm³/mol. The third-order valence-electron chi connectivity index (χ3n) is 6.97. The summed E-state index contributed by atoms with van der Waals surface area (Å²) in [6.45, 7) is 0. The molecule has 3 aliphatic rings. The molecule has 1 amide bonds. The standard InChI is InChI=1S/C22H24N2O8/c1-24(2)16-11-6-9-5-10-8(7-25)3-4-12(26)14(10)17(27)13(9)19(29)22(11,32)20(30)15(18(16)28)21(23)31/h3-4,7,9,11,16,20,26,28-30,32H,5-6H2,1-2H3,(H2,23,31)/t9-,11-,16-,20?,22-/m0/s1. The van der Waals surface area contributed by atoms with E-state index in [9.17, 15) is 39.9 Å². The number of benzene rings is 1. The SMILES string of the molecule is CN(C)[C@@H]1C(O)=C(C(N)=O)C(O)[C@@]2(O)C(O)=C3C(=O)c4c(O)ccc(C=O)c4C[C@H]3C[C@@H]12. The van der Waals surface area contributed by atoms with Crippen molar-refractivity contribution in [1.29, 1.82) is 0 Å². The van der Waals surface area contributed by atoms with Crippen LogP contribution in [0.5, 0.6) is 5.75 Å². The van der Waals surface area contributed by atoms with Crippen molar-refractivity contribution >= 4 is 18.0 Å². The van der Waals surface area contributed by atoms with Crippen LogP contribution in [0.3, 0.4) is 0 Å². The van der Waals surface area contributed by atoms with Crippen LogP contribution in [0.2, 0.25) is 0 Å². The maximum Gasteiger partial charge on any atom is 0.250 e. The Kier molecular flexibility index (Phi) is 4.92. The van der Waals surface area contributed by atoms with Crippen LogP contribution in [0.15, 0.2) is 34.8 Å². The smallest absolute Gasteiger partial charge is 0.250 e. The molecule has 1 unspecified atom stereocenters. The summed E-state index contributed by atoms with van der Waals surface area (Å²) in [6, 6.07) is 1.59. The lowest BCUT2D eigenvalue weighted by molar-refractivity contribution is -0.143. The highest BCUT2D eigenvalue weighted by Gasteiger charge is 2.62. The zero-order valence-corrected chi connectivity index (χ0v) is 17.4. The van der Waals surface area contributed by atoms with Gasteiger partial charge in [0.05, 0.1) is 17.2 Å². The summed E-state index contributed by atoms with van der Waals surface area (Å²) in [4.78, 5) is 38.3. The number of hydrogen-bond acceptors (Lipinski definition) is 9. The topological polar surface area (TPSA) is 182 Å². The van der Waals surface area contributed by atoms with Crippen molar-refractivity contribution in [3.05, 3.63) is 51.5 Å². The maximum atomic E-state index is 13.3. The molecule has 0 heterocycles. The van der Waals surface area contributed by atoms with Crippen LogP contribution >= 0.6 is 0 Å². The summed E-state index contributed by atoms with van der Waals surface area (Å²) in [6.07, 6.45) is -1.37. The van der Waals surface area contributed by atoms with Gasteiger partial charge in [-0.2, -0.15) is 0 Å². The molecule has 4 rings (SSSR count). The molecule has 0 saturated heterocycles. The quantitative estimate of drug-likeness (QED) is 0.342. The summed E-state index contributed by atoms with van der Waals surface area (Å²) in [5, 5.41) is 54.6. The first-order valence-electron chi connectivity index (χ1n) is 10.0. The highest BCUT2D eigenvalue weighted by atomic mass is 16.4. The van der Waals surface area contributed by atoms with Crippen molar-refractivity contribution in [3.63, 3.8) is 0 Å². The second kappa shape index (κ2) is 7.16. The van der Waals surface area contributed by atoms with E-state index in [1.807, 2.05) is 0 Å². The molecule has 5 atom stereocenters. The number of carbonyl (C=O) groups is 3. The lowest BCUT2D eigenvalue weighted by Crippen LogP contribution is -2.65. The van der Waals surface area contributed by atoms with Crippen molar-refractivity contribution < 1.29 is 39.9 Å². The van der Waals surface area contributed by atoms with E-state index in [1.54, 1.807) is 14.1 Å². The monoisotopic (exact) mass is 444 g/mol. The van der Waals surface area contributed by atoms with Gasteiger partial charge in [-0.1, -0.05) is 0 Å². The number of aldehydes is 1. The van der Waals surface area contributed by atoms with E-state index in [-0.39, 0.29) is 35.3 Å². The van der Waals surface area contributed by atoms with Gasteiger partial charge in [0.2, 0.25) is 0 Å². The summed E-state index contributed by atoms with van der Waals surface area (Å²) >= 11 is 0. The molecule has 10 heteroatoms. The number of rotatable bonds is 3. The van der Waals surface area contributed by atoms with Gasteiger partial charge in [0.1, 0.15) is 29.7 Å². The number of aromatic hydroxyl groups is 1. The van der Waals surface area contributed by atoms with Crippen molar-refractivity contribution in [1.82, 2.24) is 4.90 Å². The second-order valence-corrected chi connectivity index (χ2v) is 8.78. The number of aliphatic hydroxyl groups is 4. The van der Waals surface area contributed by atoms with E-state index in [4.69, 9.17) is 5.73 Å². The fourth-order valence-electron chi connectivity index (χ4n) is 5.56. The molecule has 0 aromatic heterocycles. The number of nitrogens with zero attached hydrogens (tertiary/aromatic N) is 1. The molecule has 0 bridgehead atoms. The summed E-state index contributed by atoms with van der Waals surface area (Å²) in [7, 11) is 3.16. The minimum atomic E-state index is -2.48. The second-order valence-electron chi connectivity index (χ2n) is 8.78. The van der Waals surface area contributed by atoms with Crippen LogP contribution in [-0.2, 0) is 11.2 Å². The first kappa shape index (κ1) is 22.0. The minimum Gasteiger partial charge on any atom is -0.510 e. The number of aliphatic hydroxyl groups excluding tert-OH is 3. The molecule has 32 heavy (non-hydrogen) atoms. The molecule has 3 aliphatic carbocycles. The van der Waals surface area contributed by atoms with Crippen LogP contribution < -0.4 is 5.73 Å². The molecule has 0 spiro atoms. The van der Waals surface area contributed by atoms with Crippen molar-refractivity contribution in [2.75, 3.05) is 14.1 Å². The number of phenolic OH excluding ortho intramolecular Hbond substituents is 1. The number of ketones is 1. The zero-order valence-electron chi connectivity index (χ0n) is 17.4. The number of allylic oxidation sites excluding steroid dienone is 1. The lowest BCUT2D eigenvalue weighted by atomic mass is 9.58. The van der Waals surface area contributed by atoms with E-state index < -0.39 is 58.4 Å². The van der Waals surface area contributed by atoms with Crippen LogP contribution in [0.25, 0.3) is 0 Å². The summed E-state index contributed by atoms with van der Waals surface area (Å²) in [5.74, 6) is -5.38. The van der Waals surface area contributed by atoms with Gasteiger partial charge in [-0.15, -0.1) is 0 Å². The number of primary amides is 1. The largest absolute Gasteiger partial charge is 0.510 e. The molecule has 7 N–H and O–H groups in total. The summed E-state index contributed by atoms with van der Waals surface area (Å²) < 4.78 is 0. The Bertz CT molecular complexity index is 1120. The first-order chi connectivity index (χ1) is 15.0. The van der Waals surface area contributed by atoms with E-state index in [0.29, 0.717) is 11.8 Å². The Labute approximate surface area is 182 Å². The molecule has 10 nitrogen and oxygen atoms in total. The predicted octanol–water partition coefficient (Wildman–Crippen LogP) is -0.275. The average Bonchev–Trinajstić information content (AvgIpc) is 2.70. The van der Waals surface area contributed by atoms with Gasteiger partial charge in [0, 0.05) is 17.1 Å². The first-order valence-corrected chi connectivity index (χ1v) is 10.0. The zero-order chi connectivity index (χ0) is 23.7. The molecular weight excluding hydrogens is 420 g/mol. The molecule has 0 saturated carbocycles. The van der Waals surface area contributed by atoms with E-state index >= 15 is 0 Å². The maximum absolute atomic E-state index is 13.3. The van der Waals surface area contributed by atoms with Crippen LogP contribution in [0.4, 0.5) is 0 Å². The van der Waals surface area contributed by atoms with Gasteiger partial charge in [0.25, 0.3) is 5.91 Å². The third-order valence-corrected chi connectivity index (χ3v) is 6.97. The molecule has 0 fully saturated rings. The third kappa shape index (κ3) is 2.66. The molecular formula is C22H24N2O8. The van der Waals surface area contributed by atoms with Gasteiger partial charge in [-0.25, -0.2) is 0 Å². The van der Waals surface area contributed by atoms with Gasteiger partial charge >= 0.3 is 0 Å². The van der Waals surface area contributed by atoms with Crippen molar-refractivity contribution in [2.45, 2.75) is 30.6 Å². The van der Waals surface area contributed by atoms with Crippen LogP contribution in [0, 0.1) is 11.8 Å². The van der Waals surface area contributed by atoms with Gasteiger partial charge in [-0.3, -0.25) is 19.3 Å². The number of carbonyl (C=O) groups excluding carboxylic acids is 3. The molecule has 170 valence electrons. The van der Waals surface area contributed by atoms with E-state index in [1.165, 1.54) is 17.0 Å². The van der Waals surface area contributed by atoms with Crippen molar-refractivity contribution in [3.8, 4) is 5.75 Å². The van der Waals surface area contributed by atoms with Gasteiger partial charge in [-0.05, 0) is 50.6 Å². The van der Waals surface area contributed by atoms with E-state index in [2.05, 4.69) is 0 Å². The highest BCUT2D eigenvalue weighted by Crippen LogP contribution is 2.53. The number of hydrogen-bond donors (Lipinski definition) is 6. The fraction of sp³-hybridized carbons (Fsp3) is 0.409. The van der Waals surface area contributed by atoms with Crippen molar-refractivity contribution in [2.24, 2.45) is 17.6 Å². The Balaban J connectivity index is 1.97. The number of amides is 1. The normalized spacial score (nSPS) is 31.8. The van der Waals surface area contributed by atoms with Crippen LogP contribution in [0.1, 0.15) is 32.7 Å².